The van der Waals surface area contributed by atoms with E-state index < -0.39 is 0 Å². The number of ketones is 1. The van der Waals surface area contributed by atoms with E-state index in [2.05, 4.69) is 9.80 Å². The van der Waals surface area contributed by atoms with Gasteiger partial charge < -0.3 is 9.80 Å². The van der Waals surface area contributed by atoms with Gasteiger partial charge in [-0.2, -0.15) is 0 Å². The van der Waals surface area contributed by atoms with Crippen molar-refractivity contribution in [3.63, 3.8) is 0 Å². The molecule has 0 spiro atoms. The second-order valence-corrected chi connectivity index (χ2v) is 6.34. The van der Waals surface area contributed by atoms with E-state index in [0.29, 0.717) is 18.6 Å². The molecule has 0 atom stereocenters. The van der Waals surface area contributed by atoms with Gasteiger partial charge in [0.25, 0.3) is 0 Å². The van der Waals surface area contributed by atoms with E-state index in [-0.39, 0.29) is 11.6 Å². The van der Waals surface area contributed by atoms with E-state index in [4.69, 9.17) is 0 Å². The molecule has 0 saturated carbocycles. The maximum atomic E-state index is 13.2. The smallest absolute Gasteiger partial charge is 0.135 e. The third-order valence-electron chi connectivity index (χ3n) is 4.55. The molecule has 3 rings (SSSR count). The molecule has 0 unspecified atom stereocenters. The van der Waals surface area contributed by atoms with Crippen molar-refractivity contribution in [2.45, 2.75) is 19.3 Å². The highest BCUT2D eigenvalue weighted by Crippen LogP contribution is 2.26. The number of rotatable bonds is 6. The first-order valence-electron chi connectivity index (χ1n) is 8.64. The fraction of sp³-hybridized carbons (Fsp3) is 0.350. The number of hydrogen-bond acceptors (Lipinski definition) is 3. The lowest BCUT2D eigenvalue weighted by Crippen LogP contribution is -2.35. The van der Waals surface area contributed by atoms with E-state index in [1.165, 1.54) is 24.3 Å². The van der Waals surface area contributed by atoms with Crippen LogP contribution < -0.4 is 4.90 Å². The molecular weight excluding hydrogens is 322 g/mol. The van der Waals surface area contributed by atoms with Crippen molar-refractivity contribution in [1.82, 2.24) is 4.90 Å². The summed E-state index contributed by atoms with van der Waals surface area (Å²) in [5.41, 5.74) is 1.75. The third kappa shape index (κ3) is 4.86. The zero-order valence-corrected chi connectivity index (χ0v) is 14.1. The molecule has 0 N–H and O–H groups in total. The van der Waals surface area contributed by atoms with Crippen LogP contribution in [-0.2, 0) is 4.79 Å². The minimum absolute atomic E-state index is 0.277. The highest BCUT2D eigenvalue weighted by atomic mass is 19.1. The van der Waals surface area contributed by atoms with Crippen LogP contribution in [0, 0.1) is 11.6 Å². The Morgan fingerprint density at radius 1 is 0.840 bits per heavy atom. The van der Waals surface area contributed by atoms with Crippen molar-refractivity contribution in [2.24, 2.45) is 0 Å². The van der Waals surface area contributed by atoms with Crippen molar-refractivity contribution in [2.75, 3.05) is 31.1 Å². The van der Waals surface area contributed by atoms with E-state index >= 15 is 0 Å². The van der Waals surface area contributed by atoms with Crippen LogP contribution in [0.15, 0.2) is 48.5 Å². The Kier molecular flexibility index (Phi) is 5.76. The molecule has 0 aliphatic carbocycles. The lowest BCUT2D eigenvalue weighted by Gasteiger charge is -2.29. The Morgan fingerprint density at radius 3 is 1.80 bits per heavy atom. The second-order valence-electron chi connectivity index (χ2n) is 6.34. The van der Waals surface area contributed by atoms with Crippen LogP contribution in [0.25, 0.3) is 0 Å². The Hall–Kier alpha value is -2.27. The van der Waals surface area contributed by atoms with Crippen LogP contribution in [0.4, 0.5) is 20.2 Å². The first-order chi connectivity index (χ1) is 12.1. The van der Waals surface area contributed by atoms with Gasteiger partial charge in [0.05, 0.1) is 0 Å². The molecule has 3 nitrogen and oxygen atoms in total. The number of piperidine rings is 1. The largest absolute Gasteiger partial charge is 0.341 e. The van der Waals surface area contributed by atoms with Crippen LogP contribution in [0.1, 0.15) is 19.3 Å². The Bertz CT molecular complexity index is 645. The third-order valence-corrected chi connectivity index (χ3v) is 4.55. The van der Waals surface area contributed by atoms with Gasteiger partial charge in [0.1, 0.15) is 17.4 Å². The van der Waals surface area contributed by atoms with Gasteiger partial charge in [0.15, 0.2) is 0 Å². The van der Waals surface area contributed by atoms with Crippen molar-refractivity contribution in [3.8, 4) is 0 Å². The molecule has 0 aromatic heterocycles. The predicted octanol–water partition coefficient (Wildman–Crippen LogP) is 4.16. The Balaban J connectivity index is 1.67. The number of nitrogens with zero attached hydrogens (tertiary/aromatic N) is 2. The average molecular weight is 344 g/mol. The second kappa shape index (κ2) is 8.21. The topological polar surface area (TPSA) is 23.6 Å². The van der Waals surface area contributed by atoms with Gasteiger partial charge in [-0.3, -0.25) is 4.79 Å². The van der Waals surface area contributed by atoms with E-state index in [1.54, 1.807) is 24.3 Å². The summed E-state index contributed by atoms with van der Waals surface area (Å²) in [7, 11) is 0. The van der Waals surface area contributed by atoms with Gasteiger partial charge >= 0.3 is 0 Å². The van der Waals surface area contributed by atoms with Gasteiger partial charge in [-0.15, -0.1) is 0 Å². The zero-order chi connectivity index (χ0) is 17.6. The van der Waals surface area contributed by atoms with Gasteiger partial charge in [-0.1, -0.05) is 0 Å². The van der Waals surface area contributed by atoms with E-state index in [9.17, 15) is 13.6 Å². The molecule has 1 heterocycles. The first kappa shape index (κ1) is 17.5. The fourth-order valence-electron chi connectivity index (χ4n) is 3.13. The Labute approximate surface area is 146 Å². The Morgan fingerprint density at radius 2 is 1.32 bits per heavy atom. The standard InChI is InChI=1S/C20H22F2N2O/c21-16-2-6-18(7-3-16)24(19-8-4-17(22)5-9-19)13-1-12-23-14-10-20(25)11-15-23/h2-9H,1,10-15H2. The minimum atomic E-state index is -0.277. The predicted molar refractivity (Wildman–Crippen MR) is 95.1 cm³/mol. The summed E-state index contributed by atoms with van der Waals surface area (Å²) in [5.74, 6) is -0.211. The van der Waals surface area contributed by atoms with Crippen LogP contribution in [0.2, 0.25) is 0 Å². The lowest BCUT2D eigenvalue weighted by molar-refractivity contribution is -0.121. The minimum Gasteiger partial charge on any atom is -0.341 e. The molecule has 1 saturated heterocycles. The molecule has 2 aromatic carbocycles. The summed E-state index contributed by atoms with van der Waals surface area (Å²) in [6, 6.07) is 12.7. The number of anilines is 2. The first-order valence-corrected chi connectivity index (χ1v) is 8.64. The van der Waals surface area contributed by atoms with Gasteiger partial charge in [-0.25, -0.2) is 8.78 Å². The number of carbonyl (C=O) groups excluding carboxylic acids is 1. The van der Waals surface area contributed by atoms with E-state index in [1.807, 2.05) is 0 Å². The van der Waals surface area contributed by atoms with Gasteiger partial charge in [0, 0.05) is 43.9 Å². The number of likely N-dealkylation sites (tertiary alicyclic amines) is 1. The summed E-state index contributed by atoms with van der Waals surface area (Å²) in [5, 5.41) is 0. The molecule has 2 aromatic rings. The number of carbonyl (C=O) groups is 1. The van der Waals surface area contributed by atoms with Crippen LogP contribution in [0.3, 0.4) is 0 Å². The van der Waals surface area contributed by atoms with Gasteiger partial charge in [-0.05, 0) is 61.5 Å². The van der Waals surface area contributed by atoms with Crippen LogP contribution in [-0.4, -0.2) is 36.9 Å². The summed E-state index contributed by atoms with van der Waals surface area (Å²) < 4.78 is 26.5. The molecule has 0 radical (unpaired) electrons. The zero-order valence-electron chi connectivity index (χ0n) is 14.1. The normalized spacial score (nSPS) is 15.4. The number of hydrogen-bond donors (Lipinski definition) is 0. The molecule has 0 amide bonds. The fourth-order valence-corrected chi connectivity index (χ4v) is 3.13. The summed E-state index contributed by atoms with van der Waals surface area (Å²) in [6.45, 7) is 3.30. The number of halogens is 2. The SMILES string of the molecule is O=C1CCN(CCCN(c2ccc(F)cc2)c2ccc(F)cc2)CC1. The lowest BCUT2D eigenvalue weighted by atomic mass is 10.1. The molecule has 132 valence electrons. The number of Topliss-reactive ketones (excluding diaryl/α,β-unsaturated/α-hetero) is 1. The van der Waals surface area contributed by atoms with Crippen molar-refractivity contribution >= 4 is 17.2 Å². The summed E-state index contributed by atoms with van der Waals surface area (Å²) >= 11 is 0. The maximum absolute atomic E-state index is 13.2. The monoisotopic (exact) mass is 344 g/mol. The maximum Gasteiger partial charge on any atom is 0.135 e. The van der Waals surface area contributed by atoms with Crippen molar-refractivity contribution in [3.05, 3.63) is 60.2 Å². The van der Waals surface area contributed by atoms with Crippen LogP contribution >= 0.6 is 0 Å². The van der Waals surface area contributed by atoms with E-state index in [0.717, 1.165) is 44.0 Å². The molecule has 1 aliphatic rings. The summed E-state index contributed by atoms with van der Waals surface area (Å²) in [4.78, 5) is 15.7. The van der Waals surface area contributed by atoms with Crippen molar-refractivity contribution < 1.29 is 13.6 Å². The molecule has 1 fully saturated rings. The quantitative estimate of drug-likeness (QED) is 0.786. The average Bonchev–Trinajstić information content (AvgIpc) is 2.62. The van der Waals surface area contributed by atoms with Gasteiger partial charge in [0.2, 0.25) is 0 Å². The highest BCUT2D eigenvalue weighted by molar-refractivity contribution is 5.79. The van der Waals surface area contributed by atoms with Crippen molar-refractivity contribution in [1.29, 1.82) is 0 Å². The molecule has 1 aliphatic heterocycles. The summed E-state index contributed by atoms with van der Waals surface area (Å²) in [6.07, 6.45) is 2.18. The molecule has 25 heavy (non-hydrogen) atoms. The van der Waals surface area contributed by atoms with Crippen LogP contribution in [0.5, 0.6) is 0 Å². The molecular formula is C20H22F2N2O. The number of benzene rings is 2. The molecule has 0 bridgehead atoms. The molecule has 5 heteroatoms. The highest BCUT2D eigenvalue weighted by Gasteiger charge is 2.16.